The molecule has 4 aromatic rings. The summed E-state index contributed by atoms with van der Waals surface area (Å²) >= 11 is 0. The van der Waals surface area contributed by atoms with Crippen LogP contribution in [0.2, 0.25) is 0 Å². The van der Waals surface area contributed by atoms with E-state index in [-0.39, 0.29) is 17.6 Å². The summed E-state index contributed by atoms with van der Waals surface area (Å²) in [6.45, 7) is 2.84. The Balaban J connectivity index is 1.41. The molecule has 39 heavy (non-hydrogen) atoms. The molecule has 0 saturated carbocycles. The minimum absolute atomic E-state index is 0.216. The van der Waals surface area contributed by atoms with E-state index in [4.69, 9.17) is 4.74 Å². The normalized spacial score (nSPS) is 11.3. The van der Waals surface area contributed by atoms with Gasteiger partial charge >= 0.3 is 0 Å². The van der Waals surface area contributed by atoms with Crippen molar-refractivity contribution in [2.75, 3.05) is 25.5 Å². The second-order valence-electron chi connectivity index (χ2n) is 9.29. The van der Waals surface area contributed by atoms with Crippen LogP contribution in [-0.4, -0.2) is 43.2 Å². The van der Waals surface area contributed by atoms with Gasteiger partial charge in [-0.2, -0.15) is 0 Å². The molecule has 0 bridgehead atoms. The fourth-order valence-corrected chi connectivity index (χ4v) is 4.18. The van der Waals surface area contributed by atoms with Gasteiger partial charge < -0.3 is 25.8 Å². The molecule has 0 radical (unpaired) electrons. The predicted molar refractivity (Wildman–Crippen MR) is 154 cm³/mol. The van der Waals surface area contributed by atoms with E-state index >= 15 is 0 Å². The van der Waals surface area contributed by atoms with E-state index in [0.717, 1.165) is 33.7 Å². The van der Waals surface area contributed by atoms with Crippen LogP contribution in [0.3, 0.4) is 0 Å². The second kappa shape index (κ2) is 13.1. The highest BCUT2D eigenvalue weighted by Gasteiger charge is 2.22. The van der Waals surface area contributed by atoms with Crippen LogP contribution in [0.4, 0.5) is 5.69 Å². The molecule has 0 fully saturated rings. The zero-order valence-electron chi connectivity index (χ0n) is 22.1. The Labute approximate surface area is 228 Å². The minimum Gasteiger partial charge on any atom is -0.508 e. The van der Waals surface area contributed by atoms with E-state index < -0.39 is 6.04 Å². The average Bonchev–Trinajstić information content (AvgIpc) is 2.96. The SMILES string of the molecule is COc1ccc(NCCNC(=O)C(Cc2ccc(-c3ccc(O)cc3)cc2)NC(=O)c2cccc(C)c2)cc1. The van der Waals surface area contributed by atoms with E-state index in [2.05, 4.69) is 16.0 Å². The number of hydrogen-bond donors (Lipinski definition) is 4. The number of anilines is 1. The number of aryl methyl sites for hydroxylation is 1. The van der Waals surface area contributed by atoms with Gasteiger partial charge in [-0.3, -0.25) is 9.59 Å². The molecule has 7 nitrogen and oxygen atoms in total. The predicted octanol–water partition coefficient (Wildman–Crippen LogP) is 4.95. The molecule has 4 aromatic carbocycles. The fourth-order valence-electron chi connectivity index (χ4n) is 4.18. The highest BCUT2D eigenvalue weighted by atomic mass is 16.5. The minimum atomic E-state index is -0.751. The van der Waals surface area contributed by atoms with Crippen LogP contribution in [0.1, 0.15) is 21.5 Å². The zero-order valence-corrected chi connectivity index (χ0v) is 22.1. The van der Waals surface area contributed by atoms with Gasteiger partial charge in [-0.05, 0) is 72.1 Å². The Morgan fingerprint density at radius 1 is 0.846 bits per heavy atom. The molecular weight excluding hydrogens is 490 g/mol. The van der Waals surface area contributed by atoms with Crippen molar-refractivity contribution in [2.45, 2.75) is 19.4 Å². The number of carbonyl (C=O) groups is 2. The van der Waals surface area contributed by atoms with Crippen LogP contribution in [0.15, 0.2) is 97.1 Å². The number of hydrogen-bond acceptors (Lipinski definition) is 5. The summed E-state index contributed by atoms with van der Waals surface area (Å²) in [4.78, 5) is 26.2. The first kappa shape index (κ1) is 27.3. The van der Waals surface area contributed by atoms with Gasteiger partial charge in [-0.15, -0.1) is 0 Å². The maximum absolute atomic E-state index is 13.2. The lowest BCUT2D eigenvalue weighted by atomic mass is 10.00. The Kier molecular flexibility index (Phi) is 9.19. The molecule has 0 aliphatic rings. The molecule has 0 aliphatic heterocycles. The average molecular weight is 524 g/mol. The summed E-state index contributed by atoms with van der Waals surface area (Å²) in [5.41, 5.74) is 5.29. The number of rotatable bonds is 11. The van der Waals surface area contributed by atoms with E-state index in [9.17, 15) is 14.7 Å². The van der Waals surface area contributed by atoms with Crippen LogP contribution in [0.25, 0.3) is 11.1 Å². The van der Waals surface area contributed by atoms with Gasteiger partial charge in [0.25, 0.3) is 5.91 Å². The van der Waals surface area contributed by atoms with Crippen molar-refractivity contribution in [3.05, 3.63) is 114 Å². The molecule has 0 saturated heterocycles. The molecule has 4 N–H and O–H groups in total. The van der Waals surface area contributed by atoms with Crippen LogP contribution in [0.5, 0.6) is 11.5 Å². The summed E-state index contributed by atoms with van der Waals surface area (Å²) in [6.07, 6.45) is 0.338. The summed E-state index contributed by atoms with van der Waals surface area (Å²) in [5, 5.41) is 18.7. The fraction of sp³-hybridized carbons (Fsp3) is 0.188. The zero-order chi connectivity index (χ0) is 27.6. The van der Waals surface area contributed by atoms with Crippen molar-refractivity contribution in [1.29, 1.82) is 0 Å². The van der Waals surface area contributed by atoms with Crippen molar-refractivity contribution in [3.8, 4) is 22.6 Å². The standard InChI is InChI=1S/C32H33N3O4/c1-22-4-3-5-26(20-22)31(37)35-30(32(38)34-19-18-33-27-12-16-29(39-2)17-13-27)21-23-6-8-24(9-7-23)25-10-14-28(36)15-11-25/h3-17,20,30,33,36H,18-19,21H2,1-2H3,(H,34,38)(H,35,37). The van der Waals surface area contributed by atoms with Gasteiger partial charge in [-0.25, -0.2) is 0 Å². The second-order valence-corrected chi connectivity index (χ2v) is 9.29. The number of nitrogens with one attached hydrogen (secondary N) is 3. The van der Waals surface area contributed by atoms with Gasteiger partial charge in [0.1, 0.15) is 17.5 Å². The Bertz CT molecular complexity index is 1380. The number of benzene rings is 4. The van der Waals surface area contributed by atoms with Gasteiger partial charge in [-0.1, -0.05) is 54.1 Å². The van der Waals surface area contributed by atoms with Crippen LogP contribution >= 0.6 is 0 Å². The number of ether oxygens (including phenoxy) is 1. The summed E-state index contributed by atoms with van der Waals surface area (Å²) < 4.78 is 5.18. The quantitative estimate of drug-likeness (QED) is 0.209. The third-order valence-electron chi connectivity index (χ3n) is 6.34. The topological polar surface area (TPSA) is 99.7 Å². The van der Waals surface area contributed by atoms with Crippen LogP contribution < -0.4 is 20.7 Å². The first-order valence-electron chi connectivity index (χ1n) is 12.8. The number of phenols is 1. The molecule has 2 amide bonds. The Hall–Kier alpha value is -4.78. The molecule has 0 heterocycles. The van der Waals surface area contributed by atoms with Crippen molar-refractivity contribution in [3.63, 3.8) is 0 Å². The third kappa shape index (κ3) is 7.85. The van der Waals surface area contributed by atoms with E-state index in [1.165, 1.54) is 0 Å². The lowest BCUT2D eigenvalue weighted by Crippen LogP contribution is -2.48. The third-order valence-corrected chi connectivity index (χ3v) is 6.34. The van der Waals surface area contributed by atoms with E-state index in [0.29, 0.717) is 25.1 Å². The first-order valence-corrected chi connectivity index (χ1v) is 12.8. The van der Waals surface area contributed by atoms with Crippen molar-refractivity contribution in [1.82, 2.24) is 10.6 Å². The van der Waals surface area contributed by atoms with Crippen molar-refractivity contribution < 1.29 is 19.4 Å². The molecular formula is C32H33N3O4. The van der Waals surface area contributed by atoms with Gasteiger partial charge in [0.05, 0.1) is 7.11 Å². The van der Waals surface area contributed by atoms with Crippen LogP contribution in [0, 0.1) is 6.92 Å². The van der Waals surface area contributed by atoms with Crippen molar-refractivity contribution >= 4 is 17.5 Å². The van der Waals surface area contributed by atoms with Gasteiger partial charge in [0, 0.05) is 30.8 Å². The summed E-state index contributed by atoms with van der Waals surface area (Å²) in [5.74, 6) is 0.441. The van der Waals surface area contributed by atoms with Crippen molar-refractivity contribution in [2.24, 2.45) is 0 Å². The van der Waals surface area contributed by atoms with E-state index in [1.807, 2.05) is 79.7 Å². The maximum Gasteiger partial charge on any atom is 0.251 e. The van der Waals surface area contributed by atoms with Gasteiger partial charge in [0.2, 0.25) is 5.91 Å². The lowest BCUT2D eigenvalue weighted by Gasteiger charge is -2.19. The molecule has 0 aromatic heterocycles. The number of phenolic OH excluding ortho intramolecular Hbond substituents is 1. The molecule has 4 rings (SSSR count). The number of methoxy groups -OCH3 is 1. The van der Waals surface area contributed by atoms with Crippen LogP contribution in [-0.2, 0) is 11.2 Å². The molecule has 0 aliphatic carbocycles. The highest BCUT2D eigenvalue weighted by molar-refractivity contribution is 5.97. The largest absolute Gasteiger partial charge is 0.508 e. The lowest BCUT2D eigenvalue weighted by molar-refractivity contribution is -0.122. The summed E-state index contributed by atoms with van der Waals surface area (Å²) in [7, 11) is 1.62. The summed E-state index contributed by atoms with van der Waals surface area (Å²) in [6, 6.07) is 28.9. The molecule has 1 atom stereocenters. The molecule has 200 valence electrons. The molecule has 7 heteroatoms. The smallest absolute Gasteiger partial charge is 0.251 e. The molecule has 0 spiro atoms. The van der Waals surface area contributed by atoms with E-state index in [1.54, 1.807) is 31.4 Å². The Morgan fingerprint density at radius 3 is 2.15 bits per heavy atom. The van der Waals surface area contributed by atoms with Gasteiger partial charge in [0.15, 0.2) is 0 Å². The molecule has 1 unspecified atom stereocenters. The number of aromatic hydroxyl groups is 1. The Morgan fingerprint density at radius 2 is 1.51 bits per heavy atom. The number of amides is 2. The maximum atomic E-state index is 13.2. The highest BCUT2D eigenvalue weighted by Crippen LogP contribution is 2.22. The number of carbonyl (C=O) groups excluding carboxylic acids is 2. The monoisotopic (exact) mass is 523 g/mol. The first-order chi connectivity index (χ1) is 18.9.